The first-order valence-electron chi connectivity index (χ1n) is 17.7. The molecular formula is C50H32N2. The molecule has 2 nitrogen and oxygen atoms in total. The summed E-state index contributed by atoms with van der Waals surface area (Å²) < 4.78 is 0. The van der Waals surface area contributed by atoms with Gasteiger partial charge in [0.1, 0.15) is 0 Å². The highest BCUT2D eigenvalue weighted by atomic mass is 14.9. The molecule has 52 heavy (non-hydrogen) atoms. The van der Waals surface area contributed by atoms with E-state index in [1.807, 2.05) is 6.08 Å². The summed E-state index contributed by atoms with van der Waals surface area (Å²) in [5.74, 6) is 0.695. The van der Waals surface area contributed by atoms with E-state index in [2.05, 4.69) is 183 Å². The molecule has 10 aromatic rings. The van der Waals surface area contributed by atoms with Gasteiger partial charge in [0.2, 0.25) is 0 Å². The minimum atomic E-state index is 0.695. The topological polar surface area (TPSA) is 25.8 Å². The molecule has 2 heteroatoms. The Morgan fingerprint density at radius 2 is 0.865 bits per heavy atom. The van der Waals surface area contributed by atoms with Crippen LogP contribution in [0.1, 0.15) is 5.56 Å². The summed E-state index contributed by atoms with van der Waals surface area (Å²) in [6.07, 6.45) is 1.88. The van der Waals surface area contributed by atoms with Crippen molar-refractivity contribution < 1.29 is 0 Å². The van der Waals surface area contributed by atoms with Crippen molar-refractivity contribution in [2.75, 3.05) is 0 Å². The second-order valence-corrected chi connectivity index (χ2v) is 13.4. The Morgan fingerprint density at radius 3 is 1.54 bits per heavy atom. The first-order chi connectivity index (χ1) is 25.7. The van der Waals surface area contributed by atoms with Crippen LogP contribution in [0.3, 0.4) is 0 Å². The van der Waals surface area contributed by atoms with Gasteiger partial charge < -0.3 is 0 Å². The molecule has 0 saturated carbocycles. The number of benzene rings is 9. The molecule has 0 bridgehead atoms. The normalized spacial score (nSPS) is 11.5. The second-order valence-electron chi connectivity index (χ2n) is 13.4. The lowest BCUT2D eigenvalue weighted by molar-refractivity contribution is 1.18. The van der Waals surface area contributed by atoms with Gasteiger partial charge in [-0.1, -0.05) is 164 Å². The lowest BCUT2D eigenvalue weighted by Gasteiger charge is -2.14. The van der Waals surface area contributed by atoms with Crippen LogP contribution < -0.4 is 0 Å². The Kier molecular flexibility index (Phi) is 7.00. The van der Waals surface area contributed by atoms with E-state index in [0.29, 0.717) is 5.82 Å². The smallest absolute Gasteiger partial charge is 0.160 e. The van der Waals surface area contributed by atoms with Gasteiger partial charge in [0.25, 0.3) is 0 Å². The number of hydrogen-bond acceptors (Lipinski definition) is 2. The maximum absolute atomic E-state index is 5.25. The molecule has 0 amide bonds. The van der Waals surface area contributed by atoms with Gasteiger partial charge in [-0.3, -0.25) is 0 Å². The average Bonchev–Trinajstić information content (AvgIpc) is 3.23. The van der Waals surface area contributed by atoms with Gasteiger partial charge in [-0.2, -0.15) is 0 Å². The number of hydrogen-bond donors (Lipinski definition) is 0. The molecular weight excluding hydrogens is 629 g/mol. The predicted molar refractivity (Wildman–Crippen MR) is 221 cm³/mol. The quantitative estimate of drug-likeness (QED) is 0.172. The summed E-state index contributed by atoms with van der Waals surface area (Å²) in [7, 11) is 0. The van der Waals surface area contributed by atoms with E-state index in [1.165, 1.54) is 65.0 Å². The van der Waals surface area contributed by atoms with Crippen molar-refractivity contribution in [2.24, 2.45) is 0 Å². The number of nitrogens with zero attached hydrogens (tertiary/aromatic N) is 2. The Balaban J connectivity index is 1.14. The van der Waals surface area contributed by atoms with Crippen molar-refractivity contribution in [3.8, 4) is 45.0 Å². The molecule has 242 valence electrons. The zero-order valence-electron chi connectivity index (χ0n) is 28.4. The summed E-state index contributed by atoms with van der Waals surface area (Å²) in [6, 6.07) is 62.9. The Morgan fingerprint density at radius 1 is 0.346 bits per heavy atom. The van der Waals surface area contributed by atoms with Crippen LogP contribution in [0, 0.1) is 0 Å². The Labute approximate surface area is 302 Å². The van der Waals surface area contributed by atoms with Crippen molar-refractivity contribution in [3.63, 3.8) is 0 Å². The summed E-state index contributed by atoms with van der Waals surface area (Å²) in [5.41, 5.74) is 8.24. The predicted octanol–water partition coefficient (Wildman–Crippen LogP) is 13.6. The van der Waals surface area contributed by atoms with E-state index >= 15 is 0 Å². The molecule has 1 aromatic heterocycles. The largest absolute Gasteiger partial charge is 0.228 e. The van der Waals surface area contributed by atoms with E-state index in [9.17, 15) is 0 Å². The lowest BCUT2D eigenvalue weighted by Crippen LogP contribution is -1.96. The molecule has 10 rings (SSSR count). The van der Waals surface area contributed by atoms with Gasteiger partial charge in [-0.25, -0.2) is 9.97 Å². The first kappa shape index (κ1) is 30.0. The first-order valence-corrected chi connectivity index (χ1v) is 17.7. The van der Waals surface area contributed by atoms with Gasteiger partial charge in [-0.15, -0.1) is 0 Å². The number of rotatable bonds is 5. The van der Waals surface area contributed by atoms with Crippen LogP contribution in [0.2, 0.25) is 0 Å². The molecule has 9 aromatic carbocycles. The molecule has 0 aliphatic heterocycles. The molecule has 0 atom stereocenters. The van der Waals surface area contributed by atoms with Gasteiger partial charge in [0.05, 0.1) is 11.4 Å². The zero-order valence-corrected chi connectivity index (χ0v) is 28.4. The van der Waals surface area contributed by atoms with Crippen LogP contribution in [-0.2, 0) is 0 Å². The molecule has 0 aliphatic rings. The zero-order chi connectivity index (χ0) is 34.6. The van der Waals surface area contributed by atoms with Crippen LogP contribution in [0.15, 0.2) is 183 Å². The molecule has 0 saturated heterocycles. The second kappa shape index (κ2) is 12.2. The minimum Gasteiger partial charge on any atom is -0.228 e. The Bertz CT molecular complexity index is 2990. The SMILES string of the molecule is C=Cc1cccc(-c2cc(-c3ccc(-c4cc5ccccc5c5ccccc45)cc3)nc(-c3ccc4c5ccccc5c5ccccc5c4c3)n2)c1. The summed E-state index contributed by atoms with van der Waals surface area (Å²) in [5, 5.41) is 12.4. The van der Waals surface area contributed by atoms with Gasteiger partial charge in [0, 0.05) is 16.7 Å². The molecule has 0 spiro atoms. The molecule has 0 aliphatic carbocycles. The van der Waals surface area contributed by atoms with Crippen molar-refractivity contribution >= 4 is 59.9 Å². The van der Waals surface area contributed by atoms with Crippen molar-refractivity contribution in [2.45, 2.75) is 0 Å². The average molecular weight is 661 g/mol. The van der Waals surface area contributed by atoms with Crippen LogP contribution in [0.25, 0.3) is 105 Å². The highest BCUT2D eigenvalue weighted by Gasteiger charge is 2.15. The standard InChI is InChI=1S/C50H32N2/c1-2-32-12-11-14-36(28-32)49-31-48(34-24-22-33(23-25-34)46-29-35-13-3-4-15-38(35)39-16-5-9-20-43(39)46)51-50(52-49)37-26-27-45-42-19-7-6-17-40(42)41-18-8-10-21-44(41)47(45)30-37/h2-31H,1H2. The van der Waals surface area contributed by atoms with Crippen LogP contribution in [0.4, 0.5) is 0 Å². The third-order valence-electron chi connectivity index (χ3n) is 10.4. The van der Waals surface area contributed by atoms with E-state index in [-0.39, 0.29) is 0 Å². The molecule has 0 fully saturated rings. The maximum atomic E-state index is 5.25. The van der Waals surface area contributed by atoms with Crippen molar-refractivity contribution in [1.29, 1.82) is 0 Å². The monoisotopic (exact) mass is 660 g/mol. The van der Waals surface area contributed by atoms with Gasteiger partial charge in [0.15, 0.2) is 5.82 Å². The fourth-order valence-corrected chi connectivity index (χ4v) is 7.86. The molecule has 0 radical (unpaired) electrons. The highest BCUT2D eigenvalue weighted by molar-refractivity contribution is 6.25. The van der Waals surface area contributed by atoms with Crippen LogP contribution >= 0.6 is 0 Å². The minimum absolute atomic E-state index is 0.695. The molecule has 0 unspecified atom stereocenters. The summed E-state index contributed by atoms with van der Waals surface area (Å²) in [4.78, 5) is 10.5. The van der Waals surface area contributed by atoms with E-state index in [1.54, 1.807) is 0 Å². The highest BCUT2D eigenvalue weighted by Crippen LogP contribution is 2.39. The van der Waals surface area contributed by atoms with Crippen molar-refractivity contribution in [1.82, 2.24) is 9.97 Å². The fraction of sp³-hybridized carbons (Fsp3) is 0. The molecule has 1 heterocycles. The third-order valence-corrected chi connectivity index (χ3v) is 10.4. The summed E-state index contributed by atoms with van der Waals surface area (Å²) in [6.45, 7) is 4.01. The van der Waals surface area contributed by atoms with Gasteiger partial charge in [-0.05, 0) is 94.8 Å². The third kappa shape index (κ3) is 4.96. The van der Waals surface area contributed by atoms with Crippen molar-refractivity contribution in [3.05, 3.63) is 188 Å². The van der Waals surface area contributed by atoms with E-state index in [0.717, 1.165) is 33.6 Å². The summed E-state index contributed by atoms with van der Waals surface area (Å²) >= 11 is 0. The molecule has 0 N–H and O–H groups in total. The van der Waals surface area contributed by atoms with Crippen LogP contribution in [-0.4, -0.2) is 9.97 Å². The Hall–Kier alpha value is -6.90. The number of fused-ring (bicyclic) bond motifs is 9. The van der Waals surface area contributed by atoms with E-state index in [4.69, 9.17) is 9.97 Å². The lowest BCUT2D eigenvalue weighted by atomic mass is 9.92. The van der Waals surface area contributed by atoms with Crippen LogP contribution in [0.5, 0.6) is 0 Å². The van der Waals surface area contributed by atoms with Gasteiger partial charge >= 0.3 is 0 Å². The fourth-order valence-electron chi connectivity index (χ4n) is 7.86. The number of aromatic nitrogens is 2. The van der Waals surface area contributed by atoms with E-state index < -0.39 is 0 Å². The maximum Gasteiger partial charge on any atom is 0.160 e.